The van der Waals surface area contributed by atoms with Crippen LogP contribution in [0.15, 0.2) is 23.1 Å². The molecule has 0 amide bonds. The Labute approximate surface area is 96.0 Å². The molecule has 1 unspecified atom stereocenters. The minimum atomic E-state index is 0.0880. The second kappa shape index (κ2) is 3.69. The van der Waals surface area contributed by atoms with Crippen LogP contribution >= 0.6 is 15.9 Å². The van der Waals surface area contributed by atoms with Gasteiger partial charge in [0.15, 0.2) is 0 Å². The molecule has 0 fully saturated rings. The molecular weight excluding hydrogens is 258 g/mol. The van der Waals surface area contributed by atoms with Crippen molar-refractivity contribution in [1.82, 2.24) is 19.6 Å². The second-order valence-electron chi connectivity index (χ2n) is 3.45. The van der Waals surface area contributed by atoms with Crippen LogP contribution in [0, 0.1) is 0 Å². The number of nitrogen functional groups attached to an aromatic ring is 1. The van der Waals surface area contributed by atoms with Crippen LogP contribution in [0.3, 0.4) is 0 Å². The average molecular weight is 270 g/mol. The first-order chi connectivity index (χ1) is 7.09. The highest BCUT2D eigenvalue weighted by atomic mass is 79.9. The Morgan fingerprint density at radius 2 is 2.13 bits per heavy atom. The highest BCUT2D eigenvalue weighted by molar-refractivity contribution is 9.10. The van der Waals surface area contributed by atoms with Crippen LogP contribution in [0.4, 0.5) is 5.82 Å². The largest absolute Gasteiger partial charge is 0.383 e. The Morgan fingerprint density at radius 1 is 1.40 bits per heavy atom. The molecular formula is C9H12BrN5. The molecule has 2 N–H and O–H groups in total. The lowest BCUT2D eigenvalue weighted by Gasteiger charge is -2.11. The van der Waals surface area contributed by atoms with Gasteiger partial charge in [0.05, 0.1) is 22.9 Å². The third kappa shape index (κ3) is 1.77. The smallest absolute Gasteiger partial charge is 0.136 e. The molecule has 80 valence electrons. The van der Waals surface area contributed by atoms with Gasteiger partial charge >= 0.3 is 0 Å². The van der Waals surface area contributed by atoms with Crippen LogP contribution in [0.1, 0.15) is 18.5 Å². The van der Waals surface area contributed by atoms with Gasteiger partial charge in [-0.05, 0) is 22.9 Å². The predicted octanol–water partition coefficient (Wildman–Crippen LogP) is 1.57. The minimum Gasteiger partial charge on any atom is -0.383 e. The summed E-state index contributed by atoms with van der Waals surface area (Å²) >= 11 is 3.33. The van der Waals surface area contributed by atoms with Crippen LogP contribution in [-0.4, -0.2) is 19.6 Å². The van der Waals surface area contributed by atoms with E-state index in [1.54, 1.807) is 15.6 Å². The summed E-state index contributed by atoms with van der Waals surface area (Å²) in [5, 5.41) is 8.33. The van der Waals surface area contributed by atoms with E-state index in [-0.39, 0.29) is 6.04 Å². The zero-order chi connectivity index (χ0) is 11.0. The summed E-state index contributed by atoms with van der Waals surface area (Å²) in [5.41, 5.74) is 6.96. The molecule has 0 radical (unpaired) electrons. The molecule has 2 aromatic heterocycles. The molecule has 1 atom stereocenters. The van der Waals surface area contributed by atoms with E-state index < -0.39 is 0 Å². The zero-order valence-corrected chi connectivity index (χ0v) is 10.1. The van der Waals surface area contributed by atoms with Crippen LogP contribution in [0.25, 0.3) is 0 Å². The molecule has 0 bridgehead atoms. The van der Waals surface area contributed by atoms with Crippen molar-refractivity contribution >= 4 is 21.7 Å². The first-order valence-electron chi connectivity index (χ1n) is 4.56. The van der Waals surface area contributed by atoms with E-state index >= 15 is 0 Å². The number of rotatable bonds is 2. The molecule has 5 nitrogen and oxygen atoms in total. The molecule has 15 heavy (non-hydrogen) atoms. The molecule has 6 heteroatoms. The fourth-order valence-electron chi connectivity index (χ4n) is 1.46. The number of hydrogen-bond donors (Lipinski definition) is 1. The average Bonchev–Trinajstić information content (AvgIpc) is 2.75. The maximum Gasteiger partial charge on any atom is 0.136 e. The summed E-state index contributed by atoms with van der Waals surface area (Å²) in [6, 6.07) is 0.0880. The van der Waals surface area contributed by atoms with E-state index in [0.717, 1.165) is 10.0 Å². The van der Waals surface area contributed by atoms with Gasteiger partial charge in [0.25, 0.3) is 0 Å². The van der Waals surface area contributed by atoms with Gasteiger partial charge in [-0.2, -0.15) is 10.2 Å². The lowest BCUT2D eigenvalue weighted by Crippen LogP contribution is -2.10. The Hall–Kier alpha value is -1.30. The monoisotopic (exact) mass is 269 g/mol. The molecule has 0 aliphatic rings. The number of aromatic nitrogens is 4. The maximum absolute atomic E-state index is 5.87. The fraction of sp³-hybridized carbons (Fsp3) is 0.333. The van der Waals surface area contributed by atoms with Crippen molar-refractivity contribution in [2.24, 2.45) is 7.05 Å². The Bertz CT molecular complexity index is 473. The van der Waals surface area contributed by atoms with Crippen LogP contribution < -0.4 is 5.73 Å². The van der Waals surface area contributed by atoms with Gasteiger partial charge < -0.3 is 5.73 Å². The van der Waals surface area contributed by atoms with E-state index in [0.29, 0.717) is 5.82 Å². The van der Waals surface area contributed by atoms with E-state index in [4.69, 9.17) is 5.73 Å². The number of nitrogens with zero attached hydrogens (tertiary/aromatic N) is 4. The first kappa shape index (κ1) is 10.2. The van der Waals surface area contributed by atoms with E-state index in [1.165, 1.54) is 0 Å². The second-order valence-corrected chi connectivity index (χ2v) is 4.30. The van der Waals surface area contributed by atoms with Gasteiger partial charge in [-0.15, -0.1) is 0 Å². The standard InChI is InChI=1S/C9H12BrN5/c1-6(7-3-12-14(2)5-7)15-9(11)8(10)4-13-15/h3-6H,11H2,1-2H3. The lowest BCUT2D eigenvalue weighted by molar-refractivity contribution is 0.572. The number of halogens is 1. The zero-order valence-electron chi connectivity index (χ0n) is 8.55. The summed E-state index contributed by atoms with van der Waals surface area (Å²) in [6.45, 7) is 2.03. The highest BCUT2D eigenvalue weighted by Crippen LogP contribution is 2.25. The summed E-state index contributed by atoms with van der Waals surface area (Å²) < 4.78 is 4.35. The van der Waals surface area contributed by atoms with Crippen molar-refractivity contribution in [2.45, 2.75) is 13.0 Å². The van der Waals surface area contributed by atoms with Gasteiger partial charge in [-0.3, -0.25) is 4.68 Å². The van der Waals surface area contributed by atoms with Crippen LogP contribution in [0.2, 0.25) is 0 Å². The molecule has 0 aliphatic heterocycles. The normalized spacial score (nSPS) is 13.0. The van der Waals surface area contributed by atoms with Gasteiger partial charge in [-0.25, -0.2) is 4.68 Å². The third-order valence-corrected chi connectivity index (χ3v) is 2.97. The number of nitrogens with two attached hydrogens (primary N) is 1. The third-order valence-electron chi connectivity index (χ3n) is 2.36. The summed E-state index contributed by atoms with van der Waals surface area (Å²) in [4.78, 5) is 0. The van der Waals surface area contributed by atoms with Gasteiger partial charge in [0, 0.05) is 18.8 Å². The summed E-state index contributed by atoms with van der Waals surface area (Å²) in [5.74, 6) is 0.631. The number of aryl methyl sites for hydroxylation is 1. The number of anilines is 1. The molecule has 0 saturated heterocycles. The van der Waals surface area contributed by atoms with Crippen molar-refractivity contribution in [3.8, 4) is 0 Å². The van der Waals surface area contributed by atoms with Crippen molar-refractivity contribution in [3.63, 3.8) is 0 Å². The summed E-state index contributed by atoms with van der Waals surface area (Å²) in [6.07, 6.45) is 5.47. The summed E-state index contributed by atoms with van der Waals surface area (Å²) in [7, 11) is 1.89. The topological polar surface area (TPSA) is 61.7 Å². The quantitative estimate of drug-likeness (QED) is 0.901. The van der Waals surface area contributed by atoms with E-state index in [1.807, 2.05) is 26.4 Å². The maximum atomic E-state index is 5.87. The van der Waals surface area contributed by atoms with Gasteiger partial charge in [0.2, 0.25) is 0 Å². The molecule has 2 rings (SSSR count). The number of hydrogen-bond acceptors (Lipinski definition) is 3. The van der Waals surface area contributed by atoms with Crippen molar-refractivity contribution in [2.75, 3.05) is 5.73 Å². The highest BCUT2D eigenvalue weighted by Gasteiger charge is 2.14. The van der Waals surface area contributed by atoms with Gasteiger partial charge in [-0.1, -0.05) is 0 Å². The first-order valence-corrected chi connectivity index (χ1v) is 5.36. The molecule has 2 aromatic rings. The minimum absolute atomic E-state index is 0.0880. The SMILES string of the molecule is CC(c1cnn(C)c1)n1ncc(Br)c1N. The van der Waals surface area contributed by atoms with Gasteiger partial charge in [0.1, 0.15) is 5.82 Å². The fourth-order valence-corrected chi connectivity index (χ4v) is 1.73. The Kier molecular flexibility index (Phi) is 2.52. The van der Waals surface area contributed by atoms with Crippen molar-refractivity contribution < 1.29 is 0 Å². The predicted molar refractivity (Wildman–Crippen MR) is 61.4 cm³/mol. The molecule has 0 spiro atoms. The Morgan fingerprint density at radius 3 is 2.60 bits per heavy atom. The molecule has 0 aliphatic carbocycles. The van der Waals surface area contributed by atoms with E-state index in [2.05, 4.69) is 26.1 Å². The molecule has 0 saturated carbocycles. The van der Waals surface area contributed by atoms with Crippen LogP contribution in [0.5, 0.6) is 0 Å². The Balaban J connectivity index is 2.36. The van der Waals surface area contributed by atoms with Crippen molar-refractivity contribution in [1.29, 1.82) is 0 Å². The van der Waals surface area contributed by atoms with Crippen LogP contribution in [-0.2, 0) is 7.05 Å². The van der Waals surface area contributed by atoms with E-state index in [9.17, 15) is 0 Å². The van der Waals surface area contributed by atoms with Crippen molar-refractivity contribution in [3.05, 3.63) is 28.6 Å². The molecule has 2 heterocycles. The molecule has 0 aromatic carbocycles. The lowest BCUT2D eigenvalue weighted by atomic mass is 10.2.